The number of benzene rings is 1. The van der Waals surface area contributed by atoms with Crippen LogP contribution in [0.3, 0.4) is 0 Å². The van der Waals surface area contributed by atoms with Crippen LogP contribution >= 0.6 is 0 Å². The van der Waals surface area contributed by atoms with Crippen LogP contribution in [0.4, 0.5) is 4.39 Å². The Bertz CT molecular complexity index is 1220. The minimum absolute atomic E-state index is 0.119. The van der Waals surface area contributed by atoms with E-state index in [1.54, 1.807) is 36.6 Å². The molecule has 0 radical (unpaired) electrons. The van der Waals surface area contributed by atoms with Crippen LogP contribution in [-0.4, -0.2) is 45.2 Å². The molecule has 3 aromatic rings. The third kappa shape index (κ3) is 4.23. The van der Waals surface area contributed by atoms with Gasteiger partial charge in [0.25, 0.3) is 5.56 Å². The lowest BCUT2D eigenvalue weighted by Gasteiger charge is -2.26. The van der Waals surface area contributed by atoms with Gasteiger partial charge < -0.3 is 10.3 Å². The normalized spacial score (nSPS) is 14.5. The van der Waals surface area contributed by atoms with Crippen molar-refractivity contribution in [2.24, 2.45) is 0 Å². The highest BCUT2D eigenvalue weighted by Crippen LogP contribution is 2.22. The first kappa shape index (κ1) is 20.8. The summed E-state index contributed by atoms with van der Waals surface area (Å²) in [6.45, 7) is 6.71. The molecule has 0 amide bonds. The second-order valence-corrected chi connectivity index (χ2v) is 7.15. The monoisotopic (exact) mass is 422 g/mol. The van der Waals surface area contributed by atoms with Gasteiger partial charge in [-0.25, -0.2) is 19.3 Å². The van der Waals surface area contributed by atoms with Gasteiger partial charge in [-0.2, -0.15) is 5.06 Å². The van der Waals surface area contributed by atoms with Gasteiger partial charge in [0.2, 0.25) is 0 Å². The summed E-state index contributed by atoms with van der Waals surface area (Å²) in [5, 5.41) is 4.58. The Morgan fingerprint density at radius 3 is 2.77 bits per heavy atom. The summed E-state index contributed by atoms with van der Waals surface area (Å²) in [7, 11) is 1.76. The van der Waals surface area contributed by atoms with E-state index >= 15 is 0 Å². The molecule has 0 fully saturated rings. The molecule has 0 unspecified atom stereocenters. The molecule has 8 nitrogen and oxygen atoms in total. The number of nitrogens with one attached hydrogen (secondary N) is 2. The van der Waals surface area contributed by atoms with E-state index in [-0.39, 0.29) is 17.6 Å². The fourth-order valence-electron chi connectivity index (χ4n) is 3.31. The predicted octanol–water partition coefficient (Wildman–Crippen LogP) is 2.44. The number of aryl methyl sites for hydroxylation is 1. The molecular weight excluding hydrogens is 399 g/mol. The highest BCUT2D eigenvalue weighted by Gasteiger charge is 2.18. The van der Waals surface area contributed by atoms with Crippen LogP contribution in [0.2, 0.25) is 0 Å². The summed E-state index contributed by atoms with van der Waals surface area (Å²) in [4.78, 5) is 33.3. The topological polar surface area (TPSA) is 96.0 Å². The van der Waals surface area contributed by atoms with Crippen molar-refractivity contribution in [1.29, 1.82) is 0 Å². The molecule has 0 spiro atoms. The van der Waals surface area contributed by atoms with Crippen LogP contribution in [0.1, 0.15) is 29.6 Å². The average Bonchev–Trinajstić information content (AvgIpc) is 2.81. The molecule has 2 aromatic heterocycles. The Morgan fingerprint density at radius 2 is 2.13 bits per heavy atom. The van der Waals surface area contributed by atoms with Crippen LogP contribution in [0.15, 0.2) is 42.0 Å². The summed E-state index contributed by atoms with van der Waals surface area (Å²) in [6.07, 6.45) is 5.95. The predicted molar refractivity (Wildman–Crippen MR) is 116 cm³/mol. The van der Waals surface area contributed by atoms with Crippen molar-refractivity contribution in [2.75, 3.05) is 20.2 Å². The van der Waals surface area contributed by atoms with Crippen molar-refractivity contribution in [3.63, 3.8) is 0 Å². The molecule has 160 valence electrons. The van der Waals surface area contributed by atoms with E-state index in [1.165, 1.54) is 0 Å². The molecule has 4 rings (SSSR count). The molecule has 0 bridgehead atoms. The highest BCUT2D eigenvalue weighted by atomic mass is 19.1. The second-order valence-electron chi connectivity index (χ2n) is 7.15. The summed E-state index contributed by atoms with van der Waals surface area (Å²) in [5.41, 5.74) is 3.47. The van der Waals surface area contributed by atoms with Gasteiger partial charge in [0.05, 0.1) is 24.4 Å². The zero-order chi connectivity index (χ0) is 22.0. The summed E-state index contributed by atoms with van der Waals surface area (Å²) in [5.74, 6) is 0.0486. The van der Waals surface area contributed by atoms with E-state index in [2.05, 4.69) is 31.8 Å². The number of aromatic amines is 1. The van der Waals surface area contributed by atoms with E-state index in [0.29, 0.717) is 47.9 Å². The van der Waals surface area contributed by atoms with E-state index in [9.17, 15) is 9.18 Å². The van der Waals surface area contributed by atoms with E-state index in [4.69, 9.17) is 4.84 Å². The quantitative estimate of drug-likeness (QED) is 0.630. The Balaban J connectivity index is 1.49. The Hall–Kier alpha value is -3.43. The van der Waals surface area contributed by atoms with Crippen molar-refractivity contribution in [3.8, 4) is 0 Å². The van der Waals surface area contributed by atoms with Gasteiger partial charge >= 0.3 is 0 Å². The number of H-pyrrole nitrogens is 1. The maximum Gasteiger partial charge on any atom is 0.270 e. The first-order chi connectivity index (χ1) is 15.0. The van der Waals surface area contributed by atoms with E-state index < -0.39 is 5.82 Å². The van der Waals surface area contributed by atoms with E-state index in [1.807, 2.05) is 13.0 Å². The Labute approximate surface area is 178 Å². The summed E-state index contributed by atoms with van der Waals surface area (Å²) in [6, 6.07) is 3.39. The van der Waals surface area contributed by atoms with Gasteiger partial charge in [0.1, 0.15) is 11.2 Å². The largest absolute Gasteiger partial charge is 0.386 e. The number of hydroxylamine groups is 2. The zero-order valence-electron chi connectivity index (χ0n) is 17.4. The number of nitrogens with zero attached hydrogens (tertiary/aromatic N) is 4. The Kier molecular flexibility index (Phi) is 5.88. The highest BCUT2D eigenvalue weighted by molar-refractivity contribution is 5.75. The fourth-order valence-corrected chi connectivity index (χ4v) is 3.31. The lowest BCUT2D eigenvalue weighted by atomic mass is 10.1. The minimum atomic E-state index is -0.489. The molecule has 0 atom stereocenters. The molecule has 2 N–H and O–H groups in total. The second kappa shape index (κ2) is 8.75. The number of rotatable bonds is 6. The van der Waals surface area contributed by atoms with Gasteiger partial charge in [0.15, 0.2) is 11.6 Å². The Morgan fingerprint density at radius 1 is 1.35 bits per heavy atom. The number of aromatic nitrogens is 4. The summed E-state index contributed by atoms with van der Waals surface area (Å²) < 4.78 is 15.0. The van der Waals surface area contributed by atoms with Crippen LogP contribution in [0.25, 0.3) is 22.3 Å². The zero-order valence-corrected chi connectivity index (χ0v) is 17.4. The van der Waals surface area contributed by atoms with Crippen molar-refractivity contribution >= 4 is 22.3 Å². The van der Waals surface area contributed by atoms with Crippen LogP contribution in [-0.2, 0) is 17.8 Å². The maximum absolute atomic E-state index is 15.0. The van der Waals surface area contributed by atoms with Crippen LogP contribution in [0.5, 0.6) is 0 Å². The SMILES string of the molecule is C=C(NC)c1ncc(C2=CCN(Cc3ccc4nc(CC)c(=O)[nH]c4c3F)OC2)cn1. The van der Waals surface area contributed by atoms with Gasteiger partial charge in [0, 0.05) is 37.1 Å². The van der Waals surface area contributed by atoms with Gasteiger partial charge in [-0.05, 0) is 18.1 Å². The van der Waals surface area contributed by atoms with Crippen molar-refractivity contribution in [2.45, 2.75) is 19.9 Å². The average molecular weight is 422 g/mol. The number of halogens is 1. The summed E-state index contributed by atoms with van der Waals surface area (Å²) >= 11 is 0. The van der Waals surface area contributed by atoms with E-state index in [0.717, 1.165) is 11.1 Å². The fraction of sp³-hybridized carbons (Fsp3) is 0.273. The lowest BCUT2D eigenvalue weighted by Crippen LogP contribution is -2.29. The van der Waals surface area contributed by atoms with Crippen molar-refractivity contribution in [3.05, 3.63) is 76.0 Å². The first-order valence-electron chi connectivity index (χ1n) is 9.96. The van der Waals surface area contributed by atoms with Gasteiger partial charge in [-0.1, -0.05) is 25.6 Å². The molecule has 1 aliphatic heterocycles. The molecule has 0 saturated heterocycles. The van der Waals surface area contributed by atoms with Crippen molar-refractivity contribution in [1.82, 2.24) is 30.3 Å². The molecule has 0 aliphatic carbocycles. The lowest BCUT2D eigenvalue weighted by molar-refractivity contribution is -0.151. The smallest absolute Gasteiger partial charge is 0.270 e. The number of hydrogen-bond acceptors (Lipinski definition) is 7. The third-order valence-electron chi connectivity index (χ3n) is 5.18. The standard InChI is InChI=1S/C22H23FN6O2/c1-4-17-22(30)28-20-18(27-17)6-5-14(19(20)23)11-29-8-7-15(12-31-29)16-9-25-21(26-10-16)13(2)24-3/h5-7,9-10,24H,2,4,8,11-12H2,1,3H3,(H,28,30). The van der Waals surface area contributed by atoms with Crippen molar-refractivity contribution < 1.29 is 9.23 Å². The minimum Gasteiger partial charge on any atom is -0.386 e. The molecule has 1 aromatic carbocycles. The molecule has 1 aliphatic rings. The third-order valence-corrected chi connectivity index (χ3v) is 5.18. The van der Waals surface area contributed by atoms with Crippen LogP contribution < -0.4 is 10.9 Å². The van der Waals surface area contributed by atoms with Gasteiger partial charge in [-0.15, -0.1) is 0 Å². The maximum atomic E-state index is 15.0. The molecular formula is C22H23FN6O2. The molecule has 3 heterocycles. The number of hydrogen-bond donors (Lipinski definition) is 2. The van der Waals surface area contributed by atoms with Gasteiger partial charge in [-0.3, -0.25) is 9.63 Å². The number of fused-ring (bicyclic) bond motifs is 1. The first-order valence-corrected chi connectivity index (χ1v) is 9.96. The molecule has 9 heteroatoms. The molecule has 0 saturated carbocycles. The van der Waals surface area contributed by atoms with Crippen LogP contribution in [0, 0.1) is 5.82 Å². The molecule has 31 heavy (non-hydrogen) atoms.